The van der Waals surface area contributed by atoms with Gasteiger partial charge in [0, 0.05) is 13.0 Å². The molecule has 3 nitrogen and oxygen atoms in total. The lowest BCUT2D eigenvalue weighted by Crippen LogP contribution is -1.97. The molecule has 3 heteroatoms. The van der Waals surface area contributed by atoms with Gasteiger partial charge in [-0.05, 0) is 37.0 Å². The molecule has 0 atom stereocenters. The van der Waals surface area contributed by atoms with Crippen LogP contribution in [0.25, 0.3) is 0 Å². The minimum absolute atomic E-state index is 0.230. The summed E-state index contributed by atoms with van der Waals surface area (Å²) in [6.07, 6.45) is 2.60. The number of fused-ring (bicyclic) bond motifs is 1. The van der Waals surface area contributed by atoms with E-state index in [2.05, 4.69) is 6.07 Å². The maximum absolute atomic E-state index is 8.82. The summed E-state index contributed by atoms with van der Waals surface area (Å²) < 4.78 is 11.3. The van der Waals surface area contributed by atoms with Crippen LogP contribution in [0.3, 0.4) is 0 Å². The third-order valence-electron chi connectivity index (χ3n) is 2.72. The topological polar surface area (TPSA) is 38.7 Å². The van der Waals surface area contributed by atoms with Crippen LogP contribution in [0.2, 0.25) is 0 Å². The quantitative estimate of drug-likeness (QED) is 0.851. The lowest BCUT2D eigenvalue weighted by Gasteiger charge is -2.12. The average Bonchev–Trinajstić information content (AvgIpc) is 2.51. The number of aliphatic hydroxyl groups excluding tert-OH is 1. The summed E-state index contributed by atoms with van der Waals surface area (Å²) >= 11 is 0. The zero-order valence-corrected chi connectivity index (χ0v) is 9.66. The summed E-state index contributed by atoms with van der Waals surface area (Å²) in [7, 11) is 0. The zero-order chi connectivity index (χ0) is 11.4. The molecule has 0 radical (unpaired) electrons. The molecule has 0 spiro atoms. The van der Waals surface area contributed by atoms with Crippen molar-refractivity contribution in [2.24, 2.45) is 0 Å². The van der Waals surface area contributed by atoms with Gasteiger partial charge in [0.25, 0.3) is 0 Å². The number of benzene rings is 1. The number of aliphatic hydroxyl groups is 1. The second-order valence-electron chi connectivity index (χ2n) is 4.12. The highest BCUT2D eigenvalue weighted by Gasteiger charge is 2.13. The Balaban J connectivity index is 2.24. The third kappa shape index (κ3) is 2.47. The molecular formula is C13H18O3. The summed E-state index contributed by atoms with van der Waals surface area (Å²) in [6.45, 7) is 3.71. The largest absolute Gasteiger partial charge is 0.490 e. The van der Waals surface area contributed by atoms with Crippen molar-refractivity contribution in [1.82, 2.24) is 0 Å². The van der Waals surface area contributed by atoms with Crippen LogP contribution < -0.4 is 9.47 Å². The normalized spacial score (nSPS) is 14.6. The van der Waals surface area contributed by atoms with Crippen LogP contribution in [-0.2, 0) is 6.42 Å². The molecule has 0 aliphatic carbocycles. The molecule has 0 bridgehead atoms. The van der Waals surface area contributed by atoms with E-state index >= 15 is 0 Å². The Bertz CT molecular complexity index is 360. The monoisotopic (exact) mass is 222 g/mol. The van der Waals surface area contributed by atoms with Crippen molar-refractivity contribution in [1.29, 1.82) is 0 Å². The van der Waals surface area contributed by atoms with E-state index in [4.69, 9.17) is 14.6 Å². The highest BCUT2D eigenvalue weighted by atomic mass is 16.5. The summed E-state index contributed by atoms with van der Waals surface area (Å²) in [6, 6.07) is 4.15. The summed E-state index contributed by atoms with van der Waals surface area (Å²) in [5, 5.41) is 8.82. The maximum Gasteiger partial charge on any atom is 0.164 e. The van der Waals surface area contributed by atoms with E-state index in [0.29, 0.717) is 0 Å². The van der Waals surface area contributed by atoms with Crippen molar-refractivity contribution >= 4 is 0 Å². The van der Waals surface area contributed by atoms with Gasteiger partial charge in [0.1, 0.15) is 0 Å². The van der Waals surface area contributed by atoms with Gasteiger partial charge in [-0.3, -0.25) is 0 Å². The van der Waals surface area contributed by atoms with Gasteiger partial charge in [0.05, 0.1) is 13.2 Å². The number of rotatable bonds is 3. The van der Waals surface area contributed by atoms with E-state index in [1.165, 1.54) is 5.56 Å². The van der Waals surface area contributed by atoms with Crippen molar-refractivity contribution in [3.8, 4) is 11.5 Å². The van der Waals surface area contributed by atoms with Crippen LogP contribution in [0.1, 0.15) is 24.0 Å². The van der Waals surface area contributed by atoms with Gasteiger partial charge in [-0.1, -0.05) is 6.07 Å². The Hall–Kier alpha value is -1.22. The first-order valence-corrected chi connectivity index (χ1v) is 5.81. The predicted octanol–water partition coefficient (Wildman–Crippen LogP) is 2.08. The third-order valence-corrected chi connectivity index (χ3v) is 2.72. The Morgan fingerprint density at radius 3 is 2.88 bits per heavy atom. The van der Waals surface area contributed by atoms with E-state index < -0.39 is 0 Å². The molecule has 0 unspecified atom stereocenters. The van der Waals surface area contributed by atoms with Crippen LogP contribution in [0.5, 0.6) is 11.5 Å². The molecule has 1 N–H and O–H groups in total. The predicted molar refractivity (Wildman–Crippen MR) is 62.2 cm³/mol. The highest BCUT2D eigenvalue weighted by molar-refractivity contribution is 5.49. The van der Waals surface area contributed by atoms with E-state index in [1.807, 2.05) is 13.0 Å². The summed E-state index contributed by atoms with van der Waals surface area (Å²) in [4.78, 5) is 0. The second-order valence-corrected chi connectivity index (χ2v) is 4.12. The van der Waals surface area contributed by atoms with Crippen molar-refractivity contribution in [3.05, 3.63) is 23.3 Å². The fourth-order valence-electron chi connectivity index (χ4n) is 1.95. The number of hydrogen-bond donors (Lipinski definition) is 1. The Labute approximate surface area is 96.0 Å². The van der Waals surface area contributed by atoms with E-state index in [1.54, 1.807) is 0 Å². The first-order valence-electron chi connectivity index (χ1n) is 5.81. The van der Waals surface area contributed by atoms with Crippen molar-refractivity contribution in [2.75, 3.05) is 19.8 Å². The van der Waals surface area contributed by atoms with Gasteiger partial charge in [-0.25, -0.2) is 0 Å². The molecular weight excluding hydrogens is 204 g/mol. The molecule has 1 heterocycles. The molecule has 1 aliphatic heterocycles. The fourth-order valence-corrected chi connectivity index (χ4v) is 1.95. The van der Waals surface area contributed by atoms with Crippen molar-refractivity contribution < 1.29 is 14.6 Å². The molecule has 0 aromatic heterocycles. The van der Waals surface area contributed by atoms with Crippen LogP contribution in [0.15, 0.2) is 12.1 Å². The number of aryl methyl sites for hydroxylation is 2. The summed E-state index contributed by atoms with van der Waals surface area (Å²) in [5.41, 5.74) is 2.32. The maximum atomic E-state index is 8.82. The van der Waals surface area contributed by atoms with E-state index in [0.717, 1.165) is 49.5 Å². The van der Waals surface area contributed by atoms with Gasteiger partial charge in [-0.2, -0.15) is 0 Å². The molecule has 0 amide bonds. The van der Waals surface area contributed by atoms with Gasteiger partial charge >= 0.3 is 0 Å². The second kappa shape index (κ2) is 5.21. The van der Waals surface area contributed by atoms with Gasteiger partial charge < -0.3 is 14.6 Å². The lowest BCUT2D eigenvalue weighted by atomic mass is 10.1. The Kier molecular flexibility index (Phi) is 3.67. The van der Waals surface area contributed by atoms with Crippen LogP contribution in [0.4, 0.5) is 0 Å². The molecule has 16 heavy (non-hydrogen) atoms. The van der Waals surface area contributed by atoms with E-state index in [-0.39, 0.29) is 6.61 Å². The van der Waals surface area contributed by atoms with E-state index in [9.17, 15) is 0 Å². The standard InChI is InChI=1S/C13H18O3/c1-10-8-11(4-2-5-14)9-12-13(10)16-7-3-6-15-12/h8-9,14H,2-7H2,1H3. The minimum atomic E-state index is 0.230. The molecule has 1 aromatic rings. The smallest absolute Gasteiger partial charge is 0.164 e. The van der Waals surface area contributed by atoms with Crippen LogP contribution in [0, 0.1) is 6.92 Å². The molecule has 0 saturated carbocycles. The number of hydrogen-bond acceptors (Lipinski definition) is 3. The highest BCUT2D eigenvalue weighted by Crippen LogP contribution is 2.34. The molecule has 0 fully saturated rings. The van der Waals surface area contributed by atoms with Crippen LogP contribution >= 0.6 is 0 Å². The Morgan fingerprint density at radius 1 is 1.25 bits per heavy atom. The van der Waals surface area contributed by atoms with Crippen molar-refractivity contribution in [2.45, 2.75) is 26.2 Å². The first kappa shape index (κ1) is 11.3. The van der Waals surface area contributed by atoms with Gasteiger partial charge in [-0.15, -0.1) is 0 Å². The molecule has 1 aromatic carbocycles. The molecule has 88 valence electrons. The lowest BCUT2D eigenvalue weighted by molar-refractivity contribution is 0.288. The number of ether oxygens (including phenoxy) is 2. The zero-order valence-electron chi connectivity index (χ0n) is 9.66. The fraction of sp³-hybridized carbons (Fsp3) is 0.538. The first-order chi connectivity index (χ1) is 7.81. The van der Waals surface area contributed by atoms with Gasteiger partial charge in [0.15, 0.2) is 11.5 Å². The summed E-state index contributed by atoms with van der Waals surface area (Å²) in [5.74, 6) is 1.73. The average molecular weight is 222 g/mol. The molecule has 1 aliphatic rings. The van der Waals surface area contributed by atoms with Crippen molar-refractivity contribution in [3.63, 3.8) is 0 Å². The minimum Gasteiger partial charge on any atom is -0.490 e. The molecule has 2 rings (SSSR count). The van der Waals surface area contributed by atoms with Gasteiger partial charge in [0.2, 0.25) is 0 Å². The van der Waals surface area contributed by atoms with Crippen LogP contribution in [-0.4, -0.2) is 24.9 Å². The Morgan fingerprint density at radius 2 is 2.06 bits per heavy atom. The SMILES string of the molecule is Cc1cc(CCCO)cc2c1OCCCO2. The molecule has 0 saturated heterocycles.